The molecule has 0 saturated carbocycles. The summed E-state index contributed by atoms with van der Waals surface area (Å²) in [6.45, 7) is 0. The number of rotatable bonds is 14. The lowest BCUT2D eigenvalue weighted by atomic mass is 9.67. The van der Waals surface area contributed by atoms with Gasteiger partial charge in [-0.05, 0) is 94.5 Å². The van der Waals surface area contributed by atoms with Crippen LogP contribution in [0.3, 0.4) is 0 Å². The van der Waals surface area contributed by atoms with Crippen LogP contribution in [-0.2, 0) is 18.3 Å². The molecule has 1 aliphatic rings. The maximum absolute atomic E-state index is 14.4. The van der Waals surface area contributed by atoms with E-state index in [9.17, 15) is 89.2 Å². The van der Waals surface area contributed by atoms with Crippen molar-refractivity contribution in [2.45, 2.75) is 91.8 Å². The van der Waals surface area contributed by atoms with Gasteiger partial charge < -0.3 is 10.2 Å². The van der Waals surface area contributed by atoms with E-state index in [0.29, 0.717) is 22.3 Å². The van der Waals surface area contributed by atoms with Crippen molar-refractivity contribution in [2.75, 3.05) is 0 Å². The normalized spacial score (nSPS) is 15.3. The predicted molar refractivity (Wildman–Crippen MR) is 175 cm³/mol. The van der Waals surface area contributed by atoms with Crippen LogP contribution >= 0.6 is 0 Å². The molecule has 4 aromatic rings. The van der Waals surface area contributed by atoms with Gasteiger partial charge in [-0.25, -0.2) is 0 Å². The van der Waals surface area contributed by atoms with Crippen molar-refractivity contribution in [2.24, 2.45) is 0 Å². The van der Waals surface area contributed by atoms with Crippen LogP contribution in [0, 0.1) is 0 Å². The van der Waals surface area contributed by atoms with E-state index in [-0.39, 0.29) is 33.8 Å². The first-order valence-corrected chi connectivity index (χ1v) is 17.1. The maximum Gasteiger partial charge on any atom is 0.460 e. The van der Waals surface area contributed by atoms with E-state index in [0.717, 1.165) is 0 Å². The molecule has 0 unspecified atom stereocenters. The first-order valence-electron chi connectivity index (χ1n) is 17.1. The molecule has 0 radical (unpaired) electrons. The van der Waals surface area contributed by atoms with Gasteiger partial charge in [-0.15, -0.1) is 0 Å². The third-order valence-electron chi connectivity index (χ3n) is 10.2. The minimum atomic E-state index is -7.08. The summed E-state index contributed by atoms with van der Waals surface area (Å²) in [5.74, 6) is -40.0. The summed E-state index contributed by atoms with van der Waals surface area (Å²) in [6, 6.07) is 18.8. The number of fused-ring (bicyclic) bond motifs is 3. The number of phenols is 2. The van der Waals surface area contributed by atoms with E-state index >= 15 is 0 Å². The van der Waals surface area contributed by atoms with Crippen LogP contribution in [0.25, 0.3) is 11.1 Å². The van der Waals surface area contributed by atoms with Crippen molar-refractivity contribution in [3.05, 3.63) is 118 Å². The molecule has 0 fully saturated rings. The zero-order chi connectivity index (χ0) is 44.4. The Kier molecular flexibility index (Phi) is 11.3. The molecular weight excluding hydrogens is 842 g/mol. The Hall–Kier alpha value is -4.78. The van der Waals surface area contributed by atoms with Gasteiger partial charge in [0.15, 0.2) is 0 Å². The van der Waals surface area contributed by atoms with E-state index in [1.54, 1.807) is 0 Å². The Morgan fingerprint density at radius 2 is 0.695 bits per heavy atom. The second kappa shape index (κ2) is 14.7. The first kappa shape index (κ1) is 45.3. The number of benzene rings is 4. The molecule has 0 spiro atoms. The Morgan fingerprint density at radius 3 is 0.983 bits per heavy atom. The van der Waals surface area contributed by atoms with E-state index in [1.165, 1.54) is 84.9 Å². The number of aryl methyl sites for hydroxylation is 2. The monoisotopic (exact) mass is 870 g/mol. The lowest BCUT2D eigenvalue weighted by Crippen LogP contribution is -2.60. The highest BCUT2D eigenvalue weighted by Gasteiger charge is 2.82. The van der Waals surface area contributed by atoms with Crippen molar-refractivity contribution in [1.82, 2.24) is 0 Å². The minimum absolute atomic E-state index is 0.0687. The van der Waals surface area contributed by atoms with Crippen molar-refractivity contribution < 1.29 is 89.2 Å². The Morgan fingerprint density at radius 1 is 0.390 bits per heavy atom. The Bertz CT molecular complexity index is 1980. The second-order valence-corrected chi connectivity index (χ2v) is 14.0. The molecule has 20 heteroatoms. The fourth-order valence-electron chi connectivity index (χ4n) is 7.10. The third kappa shape index (κ3) is 7.42. The predicted octanol–water partition coefficient (Wildman–Crippen LogP) is 13.0. The van der Waals surface area contributed by atoms with Crippen LogP contribution < -0.4 is 0 Å². The summed E-state index contributed by atoms with van der Waals surface area (Å²) >= 11 is 0. The number of aromatic hydroxyl groups is 2. The zero-order valence-electron chi connectivity index (χ0n) is 29.5. The van der Waals surface area contributed by atoms with Crippen molar-refractivity contribution in [3.8, 4) is 22.6 Å². The summed E-state index contributed by atoms with van der Waals surface area (Å²) in [6.07, 6.45) is -21.5. The fourth-order valence-corrected chi connectivity index (χ4v) is 7.10. The van der Waals surface area contributed by atoms with Crippen LogP contribution in [0.1, 0.15) is 59.1 Å². The molecule has 0 amide bonds. The van der Waals surface area contributed by atoms with Gasteiger partial charge in [0.1, 0.15) is 11.5 Å². The molecule has 0 saturated heterocycles. The molecule has 1 aliphatic carbocycles. The largest absolute Gasteiger partial charge is 0.508 e. The highest BCUT2D eigenvalue weighted by molar-refractivity contribution is 5.87. The van der Waals surface area contributed by atoms with Crippen LogP contribution in [0.5, 0.6) is 11.5 Å². The average molecular weight is 871 g/mol. The number of alkyl halides is 18. The molecule has 2 nitrogen and oxygen atoms in total. The van der Waals surface area contributed by atoms with Crippen LogP contribution in [0.2, 0.25) is 0 Å². The van der Waals surface area contributed by atoms with Gasteiger partial charge in [0.05, 0.1) is 5.41 Å². The third-order valence-corrected chi connectivity index (χ3v) is 10.2. The van der Waals surface area contributed by atoms with E-state index in [1.807, 2.05) is 0 Å². The quantitative estimate of drug-likeness (QED) is 0.109. The Labute approximate surface area is 322 Å². The van der Waals surface area contributed by atoms with Crippen LogP contribution in [0.4, 0.5) is 79.0 Å². The summed E-state index contributed by atoms with van der Waals surface area (Å²) in [7, 11) is 0. The fraction of sp³-hybridized carbons (Fsp3) is 0.385. The lowest BCUT2D eigenvalue weighted by Gasteiger charge is -2.34. The van der Waals surface area contributed by atoms with Crippen molar-refractivity contribution in [3.63, 3.8) is 0 Å². The molecule has 0 atom stereocenters. The van der Waals surface area contributed by atoms with Gasteiger partial charge in [-0.2, -0.15) is 79.0 Å². The molecule has 0 bridgehead atoms. The van der Waals surface area contributed by atoms with Crippen molar-refractivity contribution >= 4 is 0 Å². The topological polar surface area (TPSA) is 40.5 Å². The number of hydrogen-bond donors (Lipinski definition) is 2. The average Bonchev–Trinajstić information content (AvgIpc) is 3.40. The SMILES string of the molecule is Oc1ccc(C2(c3ccc(O)cc3)c3cc(CCCC(F)(F)C(F)(F)C(F)(F)C(F)(F)F)ccc3-c3ccc(CCCC(F)(F)C(F)(F)C(F)(F)C(F)(F)F)cc32)cc1. The lowest BCUT2D eigenvalue weighted by molar-refractivity contribution is -0.396. The van der Waals surface area contributed by atoms with E-state index in [4.69, 9.17) is 0 Å². The van der Waals surface area contributed by atoms with E-state index < -0.39 is 91.8 Å². The number of halogens is 18. The molecule has 0 aliphatic heterocycles. The van der Waals surface area contributed by atoms with Gasteiger partial charge in [-0.1, -0.05) is 60.7 Å². The standard InChI is InChI=1S/C39H28F18O2/c40-31(41,34(44,45)36(48,49)38(52,53)54)17-1-3-21-5-15-27-28-16-6-22(4-2-18-32(42,43)35(46,47)37(50,51)39(55,56)57)20-30(28)33(29(27)19-21,23-7-11-25(58)12-8-23)24-9-13-26(59)14-10-24/h5-16,19-20,58-59H,1-4,17-18H2. The molecule has 5 rings (SSSR count). The molecule has 2 N–H and O–H groups in total. The van der Waals surface area contributed by atoms with Gasteiger partial charge in [0.2, 0.25) is 0 Å². The molecule has 0 aromatic heterocycles. The highest BCUT2D eigenvalue weighted by atomic mass is 19.4. The van der Waals surface area contributed by atoms with Gasteiger partial charge in [-0.3, -0.25) is 0 Å². The maximum atomic E-state index is 14.4. The second-order valence-electron chi connectivity index (χ2n) is 14.0. The molecule has 4 aromatic carbocycles. The van der Waals surface area contributed by atoms with Gasteiger partial charge >= 0.3 is 47.9 Å². The van der Waals surface area contributed by atoms with Crippen molar-refractivity contribution in [1.29, 1.82) is 0 Å². The van der Waals surface area contributed by atoms with E-state index in [2.05, 4.69) is 0 Å². The van der Waals surface area contributed by atoms with Crippen LogP contribution in [0.15, 0.2) is 84.9 Å². The first-order chi connectivity index (χ1) is 26.9. The van der Waals surface area contributed by atoms with Crippen LogP contribution in [-0.4, -0.2) is 58.1 Å². The van der Waals surface area contributed by atoms with Gasteiger partial charge in [0.25, 0.3) is 0 Å². The summed E-state index contributed by atoms with van der Waals surface area (Å²) < 4.78 is 243. The molecule has 0 heterocycles. The smallest absolute Gasteiger partial charge is 0.460 e. The number of hydrogen-bond acceptors (Lipinski definition) is 2. The van der Waals surface area contributed by atoms with Gasteiger partial charge in [0, 0.05) is 12.8 Å². The Balaban J connectivity index is 1.56. The molecular formula is C39H28F18O2. The molecule has 322 valence electrons. The summed E-state index contributed by atoms with van der Waals surface area (Å²) in [5.41, 5.74) is 0.387. The summed E-state index contributed by atoms with van der Waals surface area (Å²) in [4.78, 5) is 0. The molecule has 59 heavy (non-hydrogen) atoms. The minimum Gasteiger partial charge on any atom is -0.508 e. The summed E-state index contributed by atoms with van der Waals surface area (Å²) in [5, 5.41) is 20.2. The highest BCUT2D eigenvalue weighted by Crippen LogP contribution is 2.58. The zero-order valence-corrected chi connectivity index (χ0v) is 29.5. The number of phenolic OH excluding ortho intramolecular Hbond substituents is 2.